The van der Waals surface area contributed by atoms with Crippen LogP contribution in [-0.2, 0) is 0 Å². The Balaban J connectivity index is 0.000000367. The molecule has 3 heterocycles. The lowest BCUT2D eigenvalue weighted by molar-refractivity contribution is 0.661. The summed E-state index contributed by atoms with van der Waals surface area (Å²) in [6, 6.07) is 11.6. The van der Waals surface area contributed by atoms with Crippen molar-refractivity contribution < 1.29 is 0 Å². The second-order valence-electron chi connectivity index (χ2n) is 8.49. The number of nitrogens with zero attached hydrogens (tertiary/aromatic N) is 3. The molecule has 0 aliphatic carbocycles. The summed E-state index contributed by atoms with van der Waals surface area (Å²) >= 11 is 3.25. The van der Waals surface area contributed by atoms with E-state index >= 15 is 0 Å². The normalized spacial score (nSPS) is 8.90. The molecule has 0 spiro atoms. The van der Waals surface area contributed by atoms with E-state index in [4.69, 9.17) is 12.8 Å². The number of hydrogen-bond donors (Lipinski definition) is 0. The van der Waals surface area contributed by atoms with Gasteiger partial charge in [0, 0.05) is 78.5 Å². The third-order valence-electron chi connectivity index (χ3n) is 5.16. The van der Waals surface area contributed by atoms with Crippen LogP contribution in [0.25, 0.3) is 0 Å². The lowest BCUT2D eigenvalue weighted by atomic mass is 10.1. The molecule has 200 valence electrons. The van der Waals surface area contributed by atoms with Gasteiger partial charge in [0.1, 0.15) is 0 Å². The fourth-order valence-electron chi connectivity index (χ4n) is 3.13. The van der Waals surface area contributed by atoms with Crippen LogP contribution in [0.3, 0.4) is 0 Å². The van der Waals surface area contributed by atoms with Gasteiger partial charge in [0.15, 0.2) is 0 Å². The van der Waals surface area contributed by atoms with Crippen LogP contribution < -0.4 is 0 Å². The highest BCUT2D eigenvalue weighted by atomic mass is 79.9. The molecule has 3 aromatic rings. The average Bonchev–Trinajstić information content (AvgIpc) is 2.98. The van der Waals surface area contributed by atoms with Crippen LogP contribution in [0.1, 0.15) is 88.2 Å². The standard InChI is InChI=1S/C20H20N2.C10H14.C5H4BrN/c1(3-5-7-11-19-13-9-15-21-17-19)2-4-6-8-12-20-14-10-16-22-18-20;1-3-5-7-9-10-8-6-4-2;6-5-2-1-3-7-4-5/h9-10,13-18H,1-6H2;1-2H,5-10H2;1-4H. The second kappa shape index (κ2) is 25.8. The van der Waals surface area contributed by atoms with E-state index in [9.17, 15) is 0 Å². The lowest BCUT2D eigenvalue weighted by Gasteiger charge is -1.95. The Morgan fingerprint density at radius 1 is 0.538 bits per heavy atom. The maximum Gasteiger partial charge on any atom is 0.0428 e. The summed E-state index contributed by atoms with van der Waals surface area (Å²) in [6.07, 6.45) is 34.0. The largest absolute Gasteiger partial charge is 0.264 e. The third-order valence-corrected chi connectivity index (χ3v) is 5.63. The molecule has 0 radical (unpaired) electrons. The molecule has 0 aromatic carbocycles. The maximum absolute atomic E-state index is 5.09. The summed E-state index contributed by atoms with van der Waals surface area (Å²) in [5, 5.41) is 0. The molecule has 3 rings (SSSR count). The summed E-state index contributed by atoms with van der Waals surface area (Å²) in [4.78, 5) is 11.9. The van der Waals surface area contributed by atoms with Gasteiger partial charge in [-0.05, 0) is 78.0 Å². The Morgan fingerprint density at radius 3 is 1.26 bits per heavy atom. The molecule has 3 nitrogen and oxygen atoms in total. The van der Waals surface area contributed by atoms with E-state index in [1.54, 1.807) is 37.2 Å². The number of rotatable bonds is 10. The molecule has 0 bridgehead atoms. The van der Waals surface area contributed by atoms with Crippen LogP contribution in [0, 0.1) is 48.4 Å². The first-order valence-electron chi connectivity index (χ1n) is 13.5. The van der Waals surface area contributed by atoms with Gasteiger partial charge < -0.3 is 0 Å². The summed E-state index contributed by atoms with van der Waals surface area (Å²) in [6.45, 7) is 0. The number of pyridine rings is 3. The molecule has 4 heteroatoms. The fourth-order valence-corrected chi connectivity index (χ4v) is 3.40. The molecule has 0 atom stereocenters. The predicted molar refractivity (Wildman–Crippen MR) is 167 cm³/mol. The maximum atomic E-state index is 5.09. The van der Waals surface area contributed by atoms with Crippen molar-refractivity contribution in [1.82, 2.24) is 15.0 Å². The monoisotopic (exact) mass is 579 g/mol. The summed E-state index contributed by atoms with van der Waals surface area (Å²) in [7, 11) is 0. The number of hydrogen-bond acceptors (Lipinski definition) is 3. The van der Waals surface area contributed by atoms with Crippen LogP contribution >= 0.6 is 15.9 Å². The van der Waals surface area contributed by atoms with Gasteiger partial charge in [-0.15, -0.1) is 24.7 Å². The fraction of sp³-hybridized carbons (Fsp3) is 0.343. The van der Waals surface area contributed by atoms with Gasteiger partial charge in [-0.25, -0.2) is 0 Å². The lowest BCUT2D eigenvalue weighted by Crippen LogP contribution is -1.79. The molecule has 0 saturated carbocycles. The molecule has 0 aliphatic rings. The Kier molecular flexibility index (Phi) is 22.0. The van der Waals surface area contributed by atoms with E-state index in [1.807, 2.05) is 36.4 Å². The quantitative estimate of drug-likeness (QED) is 0.178. The molecule has 0 amide bonds. The summed E-state index contributed by atoms with van der Waals surface area (Å²) in [5.41, 5.74) is 1.99. The Bertz CT molecular complexity index is 1110. The van der Waals surface area contributed by atoms with E-state index in [-0.39, 0.29) is 0 Å². The first-order chi connectivity index (χ1) is 19.3. The van der Waals surface area contributed by atoms with Crippen molar-refractivity contribution in [3.8, 4) is 48.4 Å². The Hall–Kier alpha value is -3.83. The molecule has 39 heavy (non-hydrogen) atoms. The first-order valence-corrected chi connectivity index (χ1v) is 14.3. The van der Waals surface area contributed by atoms with Crippen molar-refractivity contribution in [2.45, 2.75) is 77.0 Å². The van der Waals surface area contributed by atoms with E-state index in [2.05, 4.69) is 66.4 Å². The minimum absolute atomic E-state index is 0.913. The van der Waals surface area contributed by atoms with E-state index in [0.717, 1.165) is 67.0 Å². The topological polar surface area (TPSA) is 38.7 Å². The summed E-state index contributed by atoms with van der Waals surface area (Å²) < 4.78 is 1.02. The Labute approximate surface area is 244 Å². The Morgan fingerprint density at radius 2 is 0.949 bits per heavy atom. The minimum atomic E-state index is 0.913. The van der Waals surface area contributed by atoms with Gasteiger partial charge in [0.05, 0.1) is 0 Å². The molecule has 0 aliphatic heterocycles. The van der Waals surface area contributed by atoms with Gasteiger partial charge in [0.25, 0.3) is 0 Å². The number of aromatic nitrogens is 3. The number of halogens is 1. The van der Waals surface area contributed by atoms with Crippen LogP contribution in [0.15, 0.2) is 78.1 Å². The van der Waals surface area contributed by atoms with Gasteiger partial charge in [0.2, 0.25) is 0 Å². The molecule has 3 aromatic heterocycles. The van der Waals surface area contributed by atoms with Gasteiger partial charge >= 0.3 is 0 Å². The van der Waals surface area contributed by atoms with Crippen molar-refractivity contribution in [2.75, 3.05) is 0 Å². The molecule has 0 saturated heterocycles. The van der Waals surface area contributed by atoms with Crippen molar-refractivity contribution in [3.05, 3.63) is 89.2 Å². The number of unbranched alkanes of at least 4 members (excludes halogenated alkanes) is 10. The average molecular weight is 581 g/mol. The van der Waals surface area contributed by atoms with E-state index < -0.39 is 0 Å². The van der Waals surface area contributed by atoms with Crippen molar-refractivity contribution in [1.29, 1.82) is 0 Å². The molecule has 0 N–H and O–H groups in total. The van der Waals surface area contributed by atoms with Gasteiger partial charge in [-0.2, -0.15) is 0 Å². The second-order valence-corrected chi connectivity index (χ2v) is 9.41. The third kappa shape index (κ3) is 21.9. The number of terminal acetylenes is 2. The molecular formula is C35H38BrN3. The zero-order valence-corrected chi connectivity index (χ0v) is 24.4. The van der Waals surface area contributed by atoms with Crippen LogP contribution in [0.4, 0.5) is 0 Å². The molecular weight excluding hydrogens is 542 g/mol. The van der Waals surface area contributed by atoms with Crippen molar-refractivity contribution in [3.63, 3.8) is 0 Å². The SMILES string of the molecule is Brc1cccnc1.C#CCCCCCCC#C.C(#Cc1cccnc1)CCCCCCC#Cc1cccnc1. The smallest absolute Gasteiger partial charge is 0.0428 e. The van der Waals surface area contributed by atoms with Crippen LogP contribution in [-0.4, -0.2) is 15.0 Å². The molecule has 0 fully saturated rings. The minimum Gasteiger partial charge on any atom is -0.264 e. The highest BCUT2D eigenvalue weighted by molar-refractivity contribution is 9.10. The predicted octanol–water partition coefficient (Wildman–Crippen LogP) is 8.66. The zero-order valence-electron chi connectivity index (χ0n) is 22.8. The molecule has 0 unspecified atom stereocenters. The van der Waals surface area contributed by atoms with Crippen molar-refractivity contribution >= 4 is 15.9 Å². The van der Waals surface area contributed by atoms with Gasteiger partial charge in [-0.3, -0.25) is 15.0 Å². The zero-order chi connectivity index (χ0) is 28.1. The highest BCUT2D eigenvalue weighted by Gasteiger charge is 1.89. The summed E-state index contributed by atoms with van der Waals surface area (Å²) in [5.74, 6) is 17.9. The van der Waals surface area contributed by atoms with Crippen molar-refractivity contribution in [2.24, 2.45) is 0 Å². The van der Waals surface area contributed by atoms with Crippen LogP contribution in [0.5, 0.6) is 0 Å². The highest BCUT2D eigenvalue weighted by Crippen LogP contribution is 2.05. The van der Waals surface area contributed by atoms with Gasteiger partial charge in [-0.1, -0.05) is 49.4 Å². The van der Waals surface area contributed by atoms with E-state index in [0.29, 0.717) is 0 Å². The van der Waals surface area contributed by atoms with Crippen LogP contribution in [0.2, 0.25) is 0 Å². The first kappa shape index (κ1) is 33.2. The van der Waals surface area contributed by atoms with E-state index in [1.165, 1.54) is 25.7 Å².